The van der Waals surface area contributed by atoms with E-state index in [9.17, 15) is 13.2 Å². The number of nitriles is 1. The maximum absolute atomic E-state index is 13.2. The van der Waals surface area contributed by atoms with Crippen LogP contribution in [0.25, 0.3) is 11.0 Å². The molecule has 3 rings (SSSR count). The fraction of sp³-hybridized carbons (Fsp3) is 0.125. The van der Waals surface area contributed by atoms with Crippen LogP contribution >= 0.6 is 0 Å². The number of nitrogens with zero attached hydrogens (tertiary/aromatic N) is 3. The number of aromatic nitrogens is 2. The topological polar surface area (TPSA) is 41.6 Å². The quantitative estimate of drug-likeness (QED) is 0.718. The van der Waals surface area contributed by atoms with Crippen LogP contribution in [-0.4, -0.2) is 9.55 Å². The molecule has 110 valence electrons. The molecule has 0 saturated heterocycles. The fourth-order valence-corrected chi connectivity index (χ4v) is 2.32. The van der Waals surface area contributed by atoms with Gasteiger partial charge in [0.1, 0.15) is 0 Å². The monoisotopic (exact) mass is 301 g/mol. The maximum atomic E-state index is 13.2. The molecule has 0 aliphatic heterocycles. The number of benzene rings is 2. The highest BCUT2D eigenvalue weighted by atomic mass is 19.4. The lowest BCUT2D eigenvalue weighted by Crippen LogP contribution is -2.15. The summed E-state index contributed by atoms with van der Waals surface area (Å²) >= 11 is 0. The molecule has 0 bridgehead atoms. The molecule has 6 heteroatoms. The first-order chi connectivity index (χ1) is 10.5. The lowest BCUT2D eigenvalue weighted by Gasteiger charge is -2.11. The van der Waals surface area contributed by atoms with Crippen LogP contribution in [0.1, 0.15) is 17.0 Å². The first kappa shape index (κ1) is 14.1. The normalized spacial score (nSPS) is 11.5. The van der Waals surface area contributed by atoms with Crippen LogP contribution in [0.3, 0.4) is 0 Å². The molecular formula is C16H10F3N3. The van der Waals surface area contributed by atoms with E-state index in [1.807, 2.05) is 6.07 Å². The molecule has 0 fully saturated rings. The summed E-state index contributed by atoms with van der Waals surface area (Å²) in [7, 11) is 0. The molecule has 0 amide bonds. The zero-order valence-corrected chi connectivity index (χ0v) is 11.3. The summed E-state index contributed by atoms with van der Waals surface area (Å²) in [6, 6.07) is 14.9. The third-order valence-corrected chi connectivity index (χ3v) is 3.33. The van der Waals surface area contributed by atoms with E-state index in [-0.39, 0.29) is 6.54 Å². The molecule has 0 spiro atoms. The number of imidazole rings is 1. The summed E-state index contributed by atoms with van der Waals surface area (Å²) in [6.07, 6.45) is -4.52. The highest BCUT2D eigenvalue weighted by Crippen LogP contribution is 2.32. The van der Waals surface area contributed by atoms with E-state index in [2.05, 4.69) is 4.98 Å². The van der Waals surface area contributed by atoms with Crippen molar-refractivity contribution >= 4 is 11.0 Å². The molecule has 3 nitrogen and oxygen atoms in total. The van der Waals surface area contributed by atoms with Crippen molar-refractivity contribution in [2.45, 2.75) is 12.7 Å². The second-order valence-electron chi connectivity index (χ2n) is 4.82. The van der Waals surface area contributed by atoms with Gasteiger partial charge < -0.3 is 4.57 Å². The molecule has 22 heavy (non-hydrogen) atoms. The van der Waals surface area contributed by atoms with E-state index in [0.29, 0.717) is 22.2 Å². The molecule has 0 N–H and O–H groups in total. The van der Waals surface area contributed by atoms with Gasteiger partial charge in [0.05, 0.1) is 22.7 Å². The van der Waals surface area contributed by atoms with Crippen LogP contribution in [0.2, 0.25) is 0 Å². The second kappa shape index (κ2) is 5.19. The Kier molecular flexibility index (Phi) is 3.33. The first-order valence-electron chi connectivity index (χ1n) is 6.50. The molecule has 0 unspecified atom stereocenters. The van der Waals surface area contributed by atoms with Gasteiger partial charge >= 0.3 is 6.18 Å². The summed E-state index contributed by atoms with van der Waals surface area (Å²) in [6.45, 7) is 0.0427. The number of hydrogen-bond donors (Lipinski definition) is 0. The smallest absolute Gasteiger partial charge is 0.316 e. The zero-order chi connectivity index (χ0) is 15.7. The largest absolute Gasteiger partial charge is 0.449 e. The van der Waals surface area contributed by atoms with Gasteiger partial charge in [0.2, 0.25) is 5.82 Å². The number of fused-ring (bicyclic) bond motifs is 1. The van der Waals surface area contributed by atoms with Crippen molar-refractivity contribution in [1.82, 2.24) is 9.55 Å². The molecule has 2 aromatic carbocycles. The van der Waals surface area contributed by atoms with Gasteiger partial charge in [-0.1, -0.05) is 24.3 Å². The predicted molar refractivity (Wildman–Crippen MR) is 75.0 cm³/mol. The predicted octanol–water partition coefficient (Wildman–Crippen LogP) is 3.98. The first-order valence-corrected chi connectivity index (χ1v) is 6.50. The van der Waals surface area contributed by atoms with Gasteiger partial charge in [0.25, 0.3) is 0 Å². The van der Waals surface area contributed by atoms with Gasteiger partial charge in [-0.05, 0) is 29.8 Å². The zero-order valence-electron chi connectivity index (χ0n) is 11.3. The van der Waals surface area contributed by atoms with E-state index in [4.69, 9.17) is 5.26 Å². The Labute approximate surface area is 124 Å². The Morgan fingerprint density at radius 3 is 2.36 bits per heavy atom. The van der Waals surface area contributed by atoms with Crippen molar-refractivity contribution in [2.24, 2.45) is 0 Å². The van der Waals surface area contributed by atoms with Gasteiger partial charge in [0, 0.05) is 6.54 Å². The van der Waals surface area contributed by atoms with Gasteiger partial charge in [-0.2, -0.15) is 18.4 Å². The van der Waals surface area contributed by atoms with Crippen LogP contribution < -0.4 is 0 Å². The molecule has 0 atom stereocenters. The molecule has 0 aliphatic carbocycles. The molecule has 0 radical (unpaired) electrons. The summed E-state index contributed by atoms with van der Waals surface area (Å²) in [5.74, 6) is -0.918. The third-order valence-electron chi connectivity index (χ3n) is 3.33. The summed E-state index contributed by atoms with van der Waals surface area (Å²) in [5.41, 5.74) is 1.88. The number of rotatable bonds is 2. The van der Waals surface area contributed by atoms with Gasteiger partial charge in [0.15, 0.2) is 0 Å². The van der Waals surface area contributed by atoms with Gasteiger partial charge in [-0.15, -0.1) is 0 Å². The number of halogens is 3. The van der Waals surface area contributed by atoms with E-state index in [1.54, 1.807) is 48.5 Å². The van der Waals surface area contributed by atoms with Gasteiger partial charge in [-0.25, -0.2) is 4.98 Å². The van der Waals surface area contributed by atoms with Crippen LogP contribution in [0.4, 0.5) is 13.2 Å². The Morgan fingerprint density at radius 2 is 1.73 bits per heavy atom. The minimum Gasteiger partial charge on any atom is -0.316 e. The van der Waals surface area contributed by atoms with Crippen LogP contribution in [-0.2, 0) is 12.7 Å². The average Bonchev–Trinajstić information content (AvgIpc) is 2.87. The highest BCUT2D eigenvalue weighted by molar-refractivity contribution is 5.76. The number of para-hydroxylation sites is 2. The maximum Gasteiger partial charge on any atom is 0.449 e. The Bertz CT molecular complexity index is 855. The number of alkyl halides is 3. The van der Waals surface area contributed by atoms with Crippen molar-refractivity contribution in [1.29, 1.82) is 5.26 Å². The molecule has 0 aliphatic rings. The Balaban J connectivity index is 2.10. The lowest BCUT2D eigenvalue weighted by atomic mass is 10.1. The van der Waals surface area contributed by atoms with Crippen LogP contribution in [0.15, 0.2) is 48.5 Å². The molecule has 3 aromatic rings. The summed E-state index contributed by atoms with van der Waals surface area (Å²) < 4.78 is 40.7. The summed E-state index contributed by atoms with van der Waals surface area (Å²) in [5, 5.41) is 8.76. The van der Waals surface area contributed by atoms with E-state index < -0.39 is 12.0 Å². The fourth-order valence-electron chi connectivity index (χ4n) is 2.32. The van der Waals surface area contributed by atoms with Crippen molar-refractivity contribution in [3.8, 4) is 6.07 Å². The van der Waals surface area contributed by atoms with Gasteiger partial charge in [-0.3, -0.25) is 0 Å². The van der Waals surface area contributed by atoms with Crippen LogP contribution in [0, 0.1) is 11.3 Å². The lowest BCUT2D eigenvalue weighted by molar-refractivity contribution is -0.146. The van der Waals surface area contributed by atoms with E-state index >= 15 is 0 Å². The van der Waals surface area contributed by atoms with E-state index in [1.165, 1.54) is 0 Å². The minimum atomic E-state index is -4.52. The van der Waals surface area contributed by atoms with Crippen molar-refractivity contribution in [3.05, 3.63) is 65.5 Å². The second-order valence-corrected chi connectivity index (χ2v) is 4.82. The highest BCUT2D eigenvalue weighted by Gasteiger charge is 2.37. The van der Waals surface area contributed by atoms with Crippen molar-refractivity contribution in [3.63, 3.8) is 0 Å². The van der Waals surface area contributed by atoms with Crippen LogP contribution in [0.5, 0.6) is 0 Å². The van der Waals surface area contributed by atoms with Crippen molar-refractivity contribution < 1.29 is 13.2 Å². The average molecular weight is 301 g/mol. The third kappa shape index (κ3) is 2.53. The summed E-state index contributed by atoms with van der Waals surface area (Å²) in [4.78, 5) is 3.70. The molecule has 0 saturated carbocycles. The molecular weight excluding hydrogens is 291 g/mol. The minimum absolute atomic E-state index is 0.0427. The Hall–Kier alpha value is -2.81. The number of hydrogen-bond acceptors (Lipinski definition) is 2. The Morgan fingerprint density at radius 1 is 1.05 bits per heavy atom. The standard InChI is InChI=1S/C16H10F3N3/c17-16(18,19)15-21-13-3-1-2-4-14(13)22(15)10-12-7-5-11(9-20)6-8-12/h1-8H,10H2. The molecule has 1 heterocycles. The van der Waals surface area contributed by atoms with E-state index in [0.717, 1.165) is 4.57 Å². The SMILES string of the molecule is N#Cc1ccc(Cn2c(C(F)(F)F)nc3ccccc32)cc1. The molecule has 1 aromatic heterocycles. The van der Waals surface area contributed by atoms with Crippen molar-refractivity contribution in [2.75, 3.05) is 0 Å².